The maximum absolute atomic E-state index is 13.8. The monoisotopic (exact) mass is 495 g/mol. The second kappa shape index (κ2) is 9.32. The van der Waals surface area contributed by atoms with Crippen LogP contribution in [0.5, 0.6) is 5.75 Å². The normalized spacial score (nSPS) is 21.0. The van der Waals surface area contributed by atoms with Crippen molar-refractivity contribution in [1.29, 1.82) is 0 Å². The zero-order valence-electron chi connectivity index (χ0n) is 20.9. The number of rotatable bonds is 5. The van der Waals surface area contributed by atoms with E-state index < -0.39 is 5.54 Å². The number of thiophene rings is 1. The molecule has 35 heavy (non-hydrogen) atoms. The fourth-order valence-electron chi connectivity index (χ4n) is 6.12. The van der Waals surface area contributed by atoms with Crippen LogP contribution in [-0.4, -0.2) is 66.0 Å². The van der Waals surface area contributed by atoms with E-state index in [2.05, 4.69) is 19.1 Å². The predicted molar refractivity (Wildman–Crippen MR) is 136 cm³/mol. The minimum Gasteiger partial charge on any atom is -0.496 e. The molecule has 0 aliphatic carbocycles. The molecule has 1 spiro atoms. The van der Waals surface area contributed by atoms with E-state index in [0.29, 0.717) is 32.8 Å². The van der Waals surface area contributed by atoms with Gasteiger partial charge in [-0.15, -0.1) is 11.3 Å². The van der Waals surface area contributed by atoms with Gasteiger partial charge in [0.15, 0.2) is 0 Å². The van der Waals surface area contributed by atoms with Crippen LogP contribution in [0.15, 0.2) is 41.4 Å². The molecule has 2 aromatic rings. The number of carbonyl (C=O) groups excluding carboxylic acids is 2. The molecule has 0 bridgehead atoms. The Bertz CT molecular complexity index is 1150. The number of carbonyl (C=O) groups is 2. The third kappa shape index (κ3) is 3.83. The SMILES string of the molecule is CCN1C(=O)N2Cc3cc(COC)cc(OC)c3[C@@H](C)C=C2C12CCN(C(=O)c1cccs1)CC2. The van der Waals surface area contributed by atoms with Gasteiger partial charge < -0.3 is 19.3 Å². The van der Waals surface area contributed by atoms with Crippen molar-refractivity contribution in [2.45, 2.75) is 51.3 Å². The van der Waals surface area contributed by atoms with Crippen LogP contribution in [-0.2, 0) is 17.9 Å². The van der Waals surface area contributed by atoms with Gasteiger partial charge in [-0.05, 0) is 48.4 Å². The van der Waals surface area contributed by atoms with Crippen molar-refractivity contribution < 1.29 is 19.1 Å². The lowest BCUT2D eigenvalue weighted by atomic mass is 9.82. The van der Waals surface area contributed by atoms with Gasteiger partial charge in [-0.1, -0.05) is 25.1 Å². The summed E-state index contributed by atoms with van der Waals surface area (Å²) in [4.78, 5) is 33.4. The summed E-state index contributed by atoms with van der Waals surface area (Å²) in [6.07, 6.45) is 3.73. The minimum atomic E-state index is -0.392. The zero-order valence-corrected chi connectivity index (χ0v) is 21.7. The highest BCUT2D eigenvalue weighted by atomic mass is 32.1. The second-order valence-electron chi connectivity index (χ2n) is 9.56. The smallest absolute Gasteiger partial charge is 0.325 e. The topological polar surface area (TPSA) is 62.3 Å². The molecule has 3 aliphatic heterocycles. The first-order valence-electron chi connectivity index (χ1n) is 12.3. The zero-order chi connectivity index (χ0) is 24.7. The van der Waals surface area contributed by atoms with Crippen molar-refractivity contribution in [2.75, 3.05) is 33.9 Å². The van der Waals surface area contributed by atoms with E-state index in [9.17, 15) is 9.59 Å². The standard InChI is InChI=1S/C27H33N3O4S/c1-5-30-26(32)29-16-20-14-19(17-33-3)15-21(34-4)24(20)18(2)13-23(29)27(30)8-10-28(11-9-27)25(31)22-7-6-12-35-22/h6-7,12-15,18H,5,8-11,16-17H2,1-4H3/t18-/m0/s1. The lowest BCUT2D eigenvalue weighted by molar-refractivity contribution is 0.0580. The van der Waals surface area contributed by atoms with Gasteiger partial charge in [0.1, 0.15) is 5.75 Å². The molecule has 5 rings (SSSR count). The van der Waals surface area contributed by atoms with Crippen LogP contribution < -0.4 is 4.74 Å². The van der Waals surface area contributed by atoms with Crippen molar-refractivity contribution >= 4 is 23.3 Å². The third-order valence-electron chi connectivity index (χ3n) is 7.68. The molecule has 8 heteroatoms. The number of hydrogen-bond acceptors (Lipinski definition) is 5. The minimum absolute atomic E-state index is 0.0490. The summed E-state index contributed by atoms with van der Waals surface area (Å²) < 4.78 is 11.2. The van der Waals surface area contributed by atoms with E-state index in [4.69, 9.17) is 9.47 Å². The molecular formula is C27H33N3O4S. The van der Waals surface area contributed by atoms with E-state index >= 15 is 0 Å². The van der Waals surface area contributed by atoms with Crippen molar-refractivity contribution in [3.63, 3.8) is 0 Å². The van der Waals surface area contributed by atoms with Crippen LogP contribution in [0.4, 0.5) is 4.79 Å². The number of fused-ring (bicyclic) bond motifs is 3. The van der Waals surface area contributed by atoms with Crippen molar-refractivity contribution in [2.24, 2.45) is 0 Å². The van der Waals surface area contributed by atoms with Crippen LogP contribution >= 0.6 is 11.3 Å². The molecule has 0 saturated carbocycles. The number of benzene rings is 1. The Balaban J connectivity index is 1.50. The first kappa shape index (κ1) is 23.9. The molecule has 3 amide bonds. The molecule has 3 aliphatic rings. The number of urea groups is 1. The Hall–Kier alpha value is -2.84. The molecule has 7 nitrogen and oxygen atoms in total. The number of nitrogens with zero attached hydrogens (tertiary/aromatic N) is 3. The molecule has 186 valence electrons. The molecule has 2 fully saturated rings. The summed E-state index contributed by atoms with van der Waals surface area (Å²) in [6, 6.07) is 8.03. The third-order valence-corrected chi connectivity index (χ3v) is 8.54. The molecule has 0 N–H and O–H groups in total. The fourth-order valence-corrected chi connectivity index (χ4v) is 6.81. The number of piperidine rings is 1. The molecule has 1 aromatic carbocycles. The molecule has 4 heterocycles. The van der Waals surface area contributed by atoms with Gasteiger partial charge in [-0.2, -0.15) is 0 Å². The summed E-state index contributed by atoms with van der Waals surface area (Å²) in [5.41, 5.74) is 3.95. The van der Waals surface area contributed by atoms with Crippen molar-refractivity contribution in [1.82, 2.24) is 14.7 Å². The number of likely N-dealkylation sites (N-methyl/N-ethyl adjacent to an activating group) is 1. The average molecular weight is 496 g/mol. The summed E-state index contributed by atoms with van der Waals surface area (Å²) in [5.74, 6) is 1.01. The summed E-state index contributed by atoms with van der Waals surface area (Å²) in [5, 5.41) is 1.94. The molecular weight excluding hydrogens is 462 g/mol. The quantitative estimate of drug-likeness (QED) is 0.596. The highest BCUT2D eigenvalue weighted by molar-refractivity contribution is 7.12. The Morgan fingerprint density at radius 1 is 1.23 bits per heavy atom. The molecule has 1 atom stereocenters. The van der Waals surface area contributed by atoms with E-state index in [1.165, 1.54) is 11.3 Å². The Morgan fingerprint density at radius 2 is 2.00 bits per heavy atom. The van der Waals surface area contributed by atoms with Crippen molar-refractivity contribution in [3.8, 4) is 5.75 Å². The highest BCUT2D eigenvalue weighted by Crippen LogP contribution is 2.48. The molecule has 1 aromatic heterocycles. The molecule has 0 unspecified atom stereocenters. The largest absolute Gasteiger partial charge is 0.496 e. The van der Waals surface area contributed by atoms with Crippen LogP contribution in [0.1, 0.15) is 59.0 Å². The Labute approximate surface area is 210 Å². The van der Waals surface area contributed by atoms with Gasteiger partial charge in [0.2, 0.25) is 0 Å². The molecule has 0 radical (unpaired) electrons. The van der Waals surface area contributed by atoms with Gasteiger partial charge >= 0.3 is 6.03 Å². The van der Waals surface area contributed by atoms with E-state index in [-0.39, 0.29) is 17.9 Å². The van der Waals surface area contributed by atoms with Crippen LogP contribution in [0.25, 0.3) is 0 Å². The van der Waals surface area contributed by atoms with Crippen LogP contribution in [0.2, 0.25) is 0 Å². The number of allylic oxidation sites excluding steroid dienone is 1. The lowest BCUT2D eigenvalue weighted by Crippen LogP contribution is -2.54. The van der Waals surface area contributed by atoms with E-state index in [0.717, 1.165) is 45.9 Å². The number of methoxy groups -OCH3 is 2. The van der Waals surface area contributed by atoms with Gasteiger partial charge in [0, 0.05) is 43.9 Å². The summed E-state index contributed by atoms with van der Waals surface area (Å²) >= 11 is 1.48. The second-order valence-corrected chi connectivity index (χ2v) is 10.5. The van der Waals surface area contributed by atoms with Gasteiger partial charge in [0.05, 0.1) is 30.7 Å². The van der Waals surface area contributed by atoms with E-state index in [1.54, 1.807) is 14.2 Å². The van der Waals surface area contributed by atoms with Crippen LogP contribution in [0.3, 0.4) is 0 Å². The van der Waals surface area contributed by atoms with E-state index in [1.807, 2.05) is 45.2 Å². The average Bonchev–Trinajstić information content (AvgIpc) is 3.42. The summed E-state index contributed by atoms with van der Waals surface area (Å²) in [7, 11) is 3.38. The van der Waals surface area contributed by atoms with Gasteiger partial charge in [-0.3, -0.25) is 9.69 Å². The van der Waals surface area contributed by atoms with Gasteiger partial charge in [0.25, 0.3) is 5.91 Å². The Morgan fingerprint density at radius 3 is 2.63 bits per heavy atom. The predicted octanol–water partition coefficient (Wildman–Crippen LogP) is 4.84. The maximum atomic E-state index is 13.8. The number of hydrogen-bond donors (Lipinski definition) is 0. The summed E-state index contributed by atoms with van der Waals surface area (Å²) in [6.45, 7) is 7.13. The maximum Gasteiger partial charge on any atom is 0.325 e. The van der Waals surface area contributed by atoms with Crippen LogP contribution in [0, 0.1) is 0 Å². The van der Waals surface area contributed by atoms with Gasteiger partial charge in [-0.25, -0.2) is 4.79 Å². The number of ether oxygens (including phenoxy) is 2. The first-order valence-corrected chi connectivity index (χ1v) is 13.1. The lowest BCUT2D eigenvalue weighted by Gasteiger charge is -2.44. The molecule has 2 saturated heterocycles. The fraction of sp³-hybridized carbons (Fsp3) is 0.481. The number of amides is 3. The highest BCUT2D eigenvalue weighted by Gasteiger charge is 2.55. The first-order chi connectivity index (χ1) is 16.9. The Kier molecular flexibility index (Phi) is 6.36. The number of likely N-dealkylation sites (tertiary alicyclic amines) is 1. The van der Waals surface area contributed by atoms with Crippen molar-refractivity contribution in [3.05, 3.63) is 63.0 Å².